The number of esters is 1. The summed E-state index contributed by atoms with van der Waals surface area (Å²) in [6.07, 6.45) is 1.95. The largest absolute Gasteiger partial charge is 0.465 e. The van der Waals surface area contributed by atoms with E-state index in [4.69, 9.17) is 17.0 Å². The standard InChI is InChI=1S/C23H27N5O2S2/c1-16-18(14-24-26(16)2)15-27-9-11-28(12-10-27)23(31)25-21-19(22(29)30-3)13-20(32-21)17-7-5-4-6-8-17/h4-8,13-14H,9-12,15H2,1-3H3,(H,25,31). The van der Waals surface area contributed by atoms with Gasteiger partial charge in [0.1, 0.15) is 5.00 Å². The summed E-state index contributed by atoms with van der Waals surface area (Å²) in [7, 11) is 3.37. The maximum Gasteiger partial charge on any atom is 0.340 e. The molecule has 1 fully saturated rings. The van der Waals surface area contributed by atoms with E-state index in [0.29, 0.717) is 15.7 Å². The highest BCUT2D eigenvalue weighted by Crippen LogP contribution is 2.36. The number of aromatic nitrogens is 2. The minimum atomic E-state index is -0.370. The van der Waals surface area contributed by atoms with Crippen LogP contribution in [0.15, 0.2) is 42.6 Å². The first-order chi connectivity index (χ1) is 15.5. The fourth-order valence-corrected chi connectivity index (χ4v) is 5.12. The zero-order valence-corrected chi connectivity index (χ0v) is 20.1. The van der Waals surface area contributed by atoms with Gasteiger partial charge in [0.05, 0.1) is 18.9 Å². The summed E-state index contributed by atoms with van der Waals surface area (Å²) in [4.78, 5) is 17.9. The zero-order valence-electron chi connectivity index (χ0n) is 18.5. The number of anilines is 1. The van der Waals surface area contributed by atoms with Crippen LogP contribution in [0.2, 0.25) is 0 Å². The molecule has 0 atom stereocenters. The molecular weight excluding hydrogens is 442 g/mol. The topological polar surface area (TPSA) is 62.6 Å². The second-order valence-corrected chi connectivity index (χ2v) is 9.22. The van der Waals surface area contributed by atoms with Gasteiger partial charge in [0.2, 0.25) is 0 Å². The van der Waals surface area contributed by atoms with Crippen LogP contribution in [-0.4, -0.2) is 64.0 Å². The lowest BCUT2D eigenvalue weighted by atomic mass is 10.1. The maximum atomic E-state index is 12.4. The van der Waals surface area contributed by atoms with Gasteiger partial charge in [0.15, 0.2) is 5.11 Å². The molecule has 1 aliphatic heterocycles. The smallest absolute Gasteiger partial charge is 0.340 e. The Morgan fingerprint density at radius 3 is 2.56 bits per heavy atom. The Morgan fingerprint density at radius 2 is 1.94 bits per heavy atom. The molecule has 168 valence electrons. The van der Waals surface area contributed by atoms with E-state index in [2.05, 4.69) is 27.1 Å². The molecule has 0 bridgehead atoms. The molecule has 1 aliphatic rings. The predicted octanol–water partition coefficient (Wildman–Crippen LogP) is 3.76. The Morgan fingerprint density at radius 1 is 1.22 bits per heavy atom. The van der Waals surface area contributed by atoms with Gasteiger partial charge in [-0.3, -0.25) is 9.58 Å². The molecule has 4 rings (SSSR count). The number of benzene rings is 1. The summed E-state index contributed by atoms with van der Waals surface area (Å²) in [5.41, 5.74) is 4.02. The first kappa shape index (κ1) is 22.4. The first-order valence-corrected chi connectivity index (χ1v) is 11.7. The van der Waals surface area contributed by atoms with Gasteiger partial charge in [-0.05, 0) is 30.8 Å². The van der Waals surface area contributed by atoms with Crippen LogP contribution >= 0.6 is 23.6 Å². The van der Waals surface area contributed by atoms with Gasteiger partial charge in [0.25, 0.3) is 0 Å². The van der Waals surface area contributed by atoms with Crippen molar-refractivity contribution in [1.82, 2.24) is 19.6 Å². The number of methoxy groups -OCH3 is 1. The van der Waals surface area contributed by atoms with Crippen LogP contribution in [0.25, 0.3) is 10.4 Å². The normalized spacial score (nSPS) is 14.4. The van der Waals surface area contributed by atoms with Crippen molar-refractivity contribution in [1.29, 1.82) is 0 Å². The lowest BCUT2D eigenvalue weighted by molar-refractivity contribution is 0.0602. The van der Waals surface area contributed by atoms with E-state index in [1.807, 2.05) is 54.3 Å². The van der Waals surface area contributed by atoms with E-state index in [1.54, 1.807) is 0 Å². The summed E-state index contributed by atoms with van der Waals surface area (Å²) in [6, 6.07) is 11.9. The Labute approximate surface area is 197 Å². The van der Waals surface area contributed by atoms with Crippen molar-refractivity contribution in [3.63, 3.8) is 0 Å². The SMILES string of the molecule is COC(=O)c1cc(-c2ccccc2)sc1NC(=S)N1CCN(Cc2cnn(C)c2C)CC1. The number of nitrogens with one attached hydrogen (secondary N) is 1. The van der Waals surface area contributed by atoms with Crippen LogP contribution in [0.4, 0.5) is 5.00 Å². The van der Waals surface area contributed by atoms with E-state index in [0.717, 1.165) is 43.2 Å². The fourth-order valence-electron chi connectivity index (χ4n) is 3.72. The Kier molecular flexibility index (Phi) is 6.88. The third-order valence-corrected chi connectivity index (χ3v) is 7.27. The fraction of sp³-hybridized carbons (Fsp3) is 0.348. The average Bonchev–Trinajstić information content (AvgIpc) is 3.38. The molecule has 3 heterocycles. The van der Waals surface area contributed by atoms with Gasteiger partial charge in [-0.1, -0.05) is 30.3 Å². The number of thiophene rings is 1. The zero-order chi connectivity index (χ0) is 22.7. The Hall–Kier alpha value is -2.75. The number of rotatable bonds is 5. The van der Waals surface area contributed by atoms with Gasteiger partial charge in [-0.15, -0.1) is 11.3 Å². The van der Waals surface area contributed by atoms with Crippen molar-refractivity contribution in [3.8, 4) is 10.4 Å². The second-order valence-electron chi connectivity index (χ2n) is 7.78. The quantitative estimate of drug-likeness (QED) is 0.451. The highest BCUT2D eigenvalue weighted by atomic mass is 32.1. The van der Waals surface area contributed by atoms with Gasteiger partial charge < -0.3 is 15.0 Å². The van der Waals surface area contributed by atoms with Gasteiger partial charge >= 0.3 is 5.97 Å². The third kappa shape index (κ3) is 4.85. The second kappa shape index (κ2) is 9.81. The van der Waals surface area contributed by atoms with Gasteiger partial charge in [-0.25, -0.2) is 4.79 Å². The van der Waals surface area contributed by atoms with Crippen LogP contribution in [0, 0.1) is 6.92 Å². The van der Waals surface area contributed by atoms with Crippen molar-refractivity contribution >= 4 is 39.6 Å². The number of hydrogen-bond donors (Lipinski definition) is 1. The van der Waals surface area contributed by atoms with Crippen molar-refractivity contribution in [2.24, 2.45) is 7.05 Å². The first-order valence-electron chi connectivity index (χ1n) is 10.5. The molecular formula is C23H27N5O2S2. The summed E-state index contributed by atoms with van der Waals surface area (Å²) in [6.45, 7) is 6.48. The number of thiocarbonyl (C=S) groups is 1. The minimum Gasteiger partial charge on any atom is -0.465 e. The number of ether oxygens (including phenoxy) is 1. The van der Waals surface area contributed by atoms with E-state index in [9.17, 15) is 4.79 Å². The summed E-state index contributed by atoms with van der Waals surface area (Å²) < 4.78 is 6.90. The monoisotopic (exact) mass is 469 g/mol. The minimum absolute atomic E-state index is 0.370. The van der Waals surface area contributed by atoms with Crippen molar-refractivity contribution in [2.75, 3.05) is 38.6 Å². The number of carbonyl (C=O) groups excluding carboxylic acids is 1. The molecule has 1 saturated heterocycles. The summed E-state index contributed by atoms with van der Waals surface area (Å²) in [5, 5.41) is 8.99. The van der Waals surface area contributed by atoms with E-state index >= 15 is 0 Å². The predicted molar refractivity (Wildman–Crippen MR) is 132 cm³/mol. The van der Waals surface area contributed by atoms with Gasteiger partial charge in [-0.2, -0.15) is 5.10 Å². The van der Waals surface area contributed by atoms with Crippen LogP contribution < -0.4 is 5.32 Å². The van der Waals surface area contributed by atoms with Crippen LogP contribution in [0.5, 0.6) is 0 Å². The van der Waals surface area contributed by atoms with Crippen LogP contribution in [0.3, 0.4) is 0 Å². The van der Waals surface area contributed by atoms with Crippen LogP contribution in [0.1, 0.15) is 21.6 Å². The van der Waals surface area contributed by atoms with Gasteiger partial charge in [0, 0.05) is 55.9 Å². The Balaban J connectivity index is 1.41. The highest BCUT2D eigenvalue weighted by molar-refractivity contribution is 7.80. The van der Waals surface area contributed by atoms with Crippen molar-refractivity contribution < 1.29 is 9.53 Å². The number of aryl methyl sites for hydroxylation is 1. The molecule has 0 spiro atoms. The lowest BCUT2D eigenvalue weighted by Crippen LogP contribution is -2.49. The molecule has 3 aromatic rings. The molecule has 0 amide bonds. The van der Waals surface area contributed by atoms with Crippen molar-refractivity contribution in [2.45, 2.75) is 13.5 Å². The van der Waals surface area contributed by atoms with E-state index < -0.39 is 0 Å². The number of carbonyl (C=O) groups is 1. The summed E-state index contributed by atoms with van der Waals surface area (Å²) in [5.74, 6) is -0.370. The molecule has 32 heavy (non-hydrogen) atoms. The third-order valence-electron chi connectivity index (χ3n) is 5.81. The lowest BCUT2D eigenvalue weighted by Gasteiger charge is -2.36. The molecule has 0 radical (unpaired) electrons. The number of nitrogens with zero attached hydrogens (tertiary/aromatic N) is 4. The Bertz CT molecular complexity index is 1100. The number of piperazine rings is 1. The molecule has 0 saturated carbocycles. The molecule has 1 N–H and O–H groups in total. The molecule has 9 heteroatoms. The summed E-state index contributed by atoms with van der Waals surface area (Å²) >= 11 is 7.20. The number of hydrogen-bond acceptors (Lipinski definition) is 6. The van der Waals surface area contributed by atoms with E-state index in [1.165, 1.54) is 29.7 Å². The van der Waals surface area contributed by atoms with E-state index in [-0.39, 0.29) is 5.97 Å². The van der Waals surface area contributed by atoms with Crippen molar-refractivity contribution in [3.05, 3.63) is 59.4 Å². The highest BCUT2D eigenvalue weighted by Gasteiger charge is 2.23. The molecule has 2 aromatic heterocycles. The average molecular weight is 470 g/mol. The molecule has 0 unspecified atom stereocenters. The maximum absolute atomic E-state index is 12.4. The molecule has 7 nitrogen and oxygen atoms in total. The molecule has 1 aromatic carbocycles. The molecule has 0 aliphatic carbocycles. The van der Waals surface area contributed by atoms with Crippen LogP contribution in [-0.2, 0) is 18.3 Å².